The average Bonchev–Trinajstić information content (AvgIpc) is 1.92. The number of halogens is 3. The fourth-order valence-corrected chi connectivity index (χ4v) is 1.55. The first-order chi connectivity index (χ1) is 5.41. The van der Waals surface area contributed by atoms with Gasteiger partial charge >= 0.3 is 6.18 Å². The van der Waals surface area contributed by atoms with Crippen molar-refractivity contribution in [2.45, 2.75) is 32.0 Å². The van der Waals surface area contributed by atoms with E-state index in [1.807, 2.05) is 6.92 Å². The highest BCUT2D eigenvalue weighted by Crippen LogP contribution is 2.34. The average molecular weight is 181 g/mol. The third-order valence-electron chi connectivity index (χ3n) is 2.66. The summed E-state index contributed by atoms with van der Waals surface area (Å²) in [5.41, 5.74) is 0. The highest BCUT2D eigenvalue weighted by molar-refractivity contribution is 4.80. The van der Waals surface area contributed by atoms with E-state index >= 15 is 0 Å². The van der Waals surface area contributed by atoms with E-state index in [1.54, 1.807) is 11.9 Å². The zero-order valence-corrected chi connectivity index (χ0v) is 7.36. The van der Waals surface area contributed by atoms with Gasteiger partial charge in [0.2, 0.25) is 0 Å². The largest absolute Gasteiger partial charge is 0.393 e. The molecule has 0 spiro atoms. The zero-order chi connectivity index (χ0) is 9.35. The van der Waals surface area contributed by atoms with Gasteiger partial charge in [0.15, 0.2) is 0 Å². The van der Waals surface area contributed by atoms with Gasteiger partial charge in [0.1, 0.15) is 0 Å². The standard InChI is InChI=1S/C8H14F3N/c1-6-3-4-7(5-12(6)2)8(9,10)11/h6-7H,3-5H2,1-2H3. The summed E-state index contributed by atoms with van der Waals surface area (Å²) < 4.78 is 36.6. The molecule has 2 unspecified atom stereocenters. The Hall–Kier alpha value is -0.250. The van der Waals surface area contributed by atoms with Crippen LogP contribution in [0.5, 0.6) is 0 Å². The van der Waals surface area contributed by atoms with E-state index in [2.05, 4.69) is 0 Å². The summed E-state index contributed by atoms with van der Waals surface area (Å²) in [6.45, 7) is 2.12. The van der Waals surface area contributed by atoms with Crippen LogP contribution in [0, 0.1) is 5.92 Å². The van der Waals surface area contributed by atoms with Crippen molar-refractivity contribution in [1.82, 2.24) is 4.90 Å². The normalized spacial score (nSPS) is 33.8. The van der Waals surface area contributed by atoms with E-state index in [-0.39, 0.29) is 13.0 Å². The predicted molar refractivity (Wildman–Crippen MR) is 40.9 cm³/mol. The molecule has 0 aromatic carbocycles. The Morgan fingerprint density at radius 3 is 2.25 bits per heavy atom. The van der Waals surface area contributed by atoms with Gasteiger partial charge in [0.05, 0.1) is 5.92 Å². The third kappa shape index (κ3) is 2.12. The van der Waals surface area contributed by atoms with Crippen molar-refractivity contribution >= 4 is 0 Å². The summed E-state index contributed by atoms with van der Waals surface area (Å²) >= 11 is 0. The minimum absolute atomic E-state index is 0.157. The Labute approximate surface area is 70.5 Å². The van der Waals surface area contributed by atoms with E-state index in [9.17, 15) is 13.2 Å². The van der Waals surface area contributed by atoms with Crippen LogP contribution in [0.25, 0.3) is 0 Å². The number of nitrogens with zero attached hydrogens (tertiary/aromatic N) is 1. The van der Waals surface area contributed by atoms with Gasteiger partial charge in [0, 0.05) is 12.6 Å². The highest BCUT2D eigenvalue weighted by atomic mass is 19.4. The molecule has 0 bridgehead atoms. The maximum absolute atomic E-state index is 12.2. The molecule has 0 saturated carbocycles. The maximum atomic E-state index is 12.2. The first kappa shape index (κ1) is 9.84. The Balaban J connectivity index is 2.51. The second-order valence-electron chi connectivity index (χ2n) is 3.60. The first-order valence-electron chi connectivity index (χ1n) is 4.18. The van der Waals surface area contributed by atoms with Gasteiger partial charge in [0.25, 0.3) is 0 Å². The molecule has 1 aliphatic rings. The number of likely N-dealkylation sites (tertiary alicyclic amines) is 1. The molecule has 0 radical (unpaired) electrons. The molecule has 1 saturated heterocycles. The molecule has 0 aromatic rings. The van der Waals surface area contributed by atoms with Crippen LogP contribution in [0.4, 0.5) is 13.2 Å². The van der Waals surface area contributed by atoms with E-state index in [0.717, 1.165) is 0 Å². The lowest BCUT2D eigenvalue weighted by molar-refractivity contribution is -0.188. The van der Waals surface area contributed by atoms with Gasteiger partial charge in [-0.2, -0.15) is 13.2 Å². The molecule has 1 aliphatic heterocycles. The monoisotopic (exact) mass is 181 g/mol. The van der Waals surface area contributed by atoms with Gasteiger partial charge in [-0.1, -0.05) is 0 Å². The third-order valence-corrected chi connectivity index (χ3v) is 2.66. The topological polar surface area (TPSA) is 3.24 Å². The summed E-state index contributed by atoms with van der Waals surface area (Å²) in [4.78, 5) is 1.78. The second-order valence-corrected chi connectivity index (χ2v) is 3.60. The molecule has 1 rings (SSSR count). The molecule has 0 aromatic heterocycles. The fraction of sp³-hybridized carbons (Fsp3) is 1.00. The van der Waals surface area contributed by atoms with Crippen molar-refractivity contribution in [3.63, 3.8) is 0 Å². The van der Waals surface area contributed by atoms with Crippen LogP contribution in [0.1, 0.15) is 19.8 Å². The molecule has 1 fully saturated rings. The van der Waals surface area contributed by atoms with E-state index < -0.39 is 12.1 Å². The highest BCUT2D eigenvalue weighted by Gasteiger charge is 2.42. The summed E-state index contributed by atoms with van der Waals surface area (Å²) in [7, 11) is 1.75. The van der Waals surface area contributed by atoms with Gasteiger partial charge in [-0.3, -0.25) is 0 Å². The molecule has 12 heavy (non-hydrogen) atoms. The van der Waals surface area contributed by atoms with Crippen LogP contribution < -0.4 is 0 Å². The van der Waals surface area contributed by atoms with Crippen molar-refractivity contribution < 1.29 is 13.2 Å². The number of alkyl halides is 3. The lowest BCUT2D eigenvalue weighted by Gasteiger charge is -2.35. The smallest absolute Gasteiger partial charge is 0.303 e. The lowest BCUT2D eigenvalue weighted by Crippen LogP contribution is -2.43. The van der Waals surface area contributed by atoms with Gasteiger partial charge in [-0.25, -0.2) is 0 Å². The summed E-state index contributed by atoms with van der Waals surface area (Å²) in [5, 5.41) is 0. The summed E-state index contributed by atoms with van der Waals surface area (Å²) in [6.07, 6.45) is -3.07. The molecular weight excluding hydrogens is 167 g/mol. The van der Waals surface area contributed by atoms with Crippen molar-refractivity contribution in [3.8, 4) is 0 Å². The van der Waals surface area contributed by atoms with Crippen molar-refractivity contribution in [2.75, 3.05) is 13.6 Å². The number of piperidine rings is 1. The van der Waals surface area contributed by atoms with Gasteiger partial charge in [-0.05, 0) is 26.8 Å². The maximum Gasteiger partial charge on any atom is 0.393 e. The Morgan fingerprint density at radius 1 is 1.25 bits per heavy atom. The van der Waals surface area contributed by atoms with Crippen molar-refractivity contribution in [1.29, 1.82) is 0 Å². The molecule has 0 amide bonds. The van der Waals surface area contributed by atoms with E-state index in [4.69, 9.17) is 0 Å². The SMILES string of the molecule is CC1CCC(C(F)(F)F)CN1C. The predicted octanol–water partition coefficient (Wildman–Crippen LogP) is 2.28. The molecule has 72 valence electrons. The number of hydrogen-bond donors (Lipinski definition) is 0. The van der Waals surface area contributed by atoms with E-state index in [0.29, 0.717) is 12.5 Å². The molecule has 0 aliphatic carbocycles. The van der Waals surface area contributed by atoms with Crippen LogP contribution in [0.3, 0.4) is 0 Å². The Kier molecular flexibility index (Phi) is 2.66. The van der Waals surface area contributed by atoms with Crippen LogP contribution in [-0.4, -0.2) is 30.7 Å². The molecule has 2 atom stereocenters. The molecular formula is C8H14F3N. The second kappa shape index (κ2) is 3.24. The Bertz CT molecular complexity index is 155. The van der Waals surface area contributed by atoms with E-state index in [1.165, 1.54) is 0 Å². The van der Waals surface area contributed by atoms with Gasteiger partial charge < -0.3 is 4.90 Å². The van der Waals surface area contributed by atoms with Crippen LogP contribution in [0.2, 0.25) is 0 Å². The van der Waals surface area contributed by atoms with Gasteiger partial charge in [-0.15, -0.1) is 0 Å². The molecule has 1 nitrogen and oxygen atoms in total. The summed E-state index contributed by atoms with van der Waals surface area (Å²) in [6, 6.07) is 0.295. The van der Waals surface area contributed by atoms with Crippen LogP contribution >= 0.6 is 0 Å². The first-order valence-corrected chi connectivity index (χ1v) is 4.18. The molecule has 4 heteroatoms. The molecule has 1 heterocycles. The summed E-state index contributed by atoms with van der Waals surface area (Å²) in [5.74, 6) is -1.11. The minimum Gasteiger partial charge on any atom is -0.303 e. The minimum atomic E-state index is -4.01. The Morgan fingerprint density at radius 2 is 1.83 bits per heavy atom. The van der Waals surface area contributed by atoms with Crippen LogP contribution in [-0.2, 0) is 0 Å². The lowest BCUT2D eigenvalue weighted by atomic mass is 9.94. The number of rotatable bonds is 0. The van der Waals surface area contributed by atoms with Crippen molar-refractivity contribution in [2.24, 2.45) is 5.92 Å². The number of hydrogen-bond acceptors (Lipinski definition) is 1. The van der Waals surface area contributed by atoms with Crippen LogP contribution in [0.15, 0.2) is 0 Å². The van der Waals surface area contributed by atoms with Crippen molar-refractivity contribution in [3.05, 3.63) is 0 Å². The quantitative estimate of drug-likeness (QED) is 0.554. The fourth-order valence-electron chi connectivity index (χ4n) is 1.55. The molecule has 0 N–H and O–H groups in total. The zero-order valence-electron chi connectivity index (χ0n) is 7.36.